The first-order valence-corrected chi connectivity index (χ1v) is 6.51. The molecule has 0 saturated carbocycles. The van der Waals surface area contributed by atoms with Gasteiger partial charge in [0.15, 0.2) is 0 Å². The summed E-state index contributed by atoms with van der Waals surface area (Å²) in [5.41, 5.74) is -2.03. The summed E-state index contributed by atoms with van der Waals surface area (Å²) in [6.07, 6.45) is -4.87. The summed E-state index contributed by atoms with van der Waals surface area (Å²) in [5.74, 6) is 0. The van der Waals surface area contributed by atoms with Crippen LogP contribution in [0.15, 0.2) is 17.0 Å². The van der Waals surface area contributed by atoms with Crippen LogP contribution in [0.2, 0.25) is 5.02 Å². The van der Waals surface area contributed by atoms with Crippen LogP contribution in [0.4, 0.5) is 13.2 Å². The van der Waals surface area contributed by atoms with Crippen LogP contribution in [0.1, 0.15) is 11.1 Å². The van der Waals surface area contributed by atoms with E-state index in [-0.39, 0.29) is 6.07 Å². The van der Waals surface area contributed by atoms with E-state index in [0.29, 0.717) is 6.07 Å². The zero-order chi connectivity index (χ0) is 13.4. The Kier molecular flexibility index (Phi) is 3.62. The Hall–Kier alpha value is -0.970. The van der Waals surface area contributed by atoms with E-state index in [1.165, 1.54) is 6.07 Å². The second kappa shape index (κ2) is 4.37. The highest BCUT2D eigenvalue weighted by Gasteiger charge is 2.35. The summed E-state index contributed by atoms with van der Waals surface area (Å²) >= 11 is 5.34. The Morgan fingerprint density at radius 1 is 1.29 bits per heavy atom. The summed E-state index contributed by atoms with van der Waals surface area (Å²) in [6.45, 7) is 0. The molecule has 9 heteroatoms. The molecule has 0 unspecified atom stereocenters. The fraction of sp³-hybridized carbons (Fsp3) is 0.125. The van der Waals surface area contributed by atoms with Gasteiger partial charge in [-0.15, -0.1) is 0 Å². The fourth-order valence-corrected chi connectivity index (χ4v) is 2.07. The molecule has 0 bridgehead atoms. The summed E-state index contributed by atoms with van der Waals surface area (Å²) in [7, 11) is 0.542. The van der Waals surface area contributed by atoms with E-state index in [1.807, 2.05) is 0 Å². The van der Waals surface area contributed by atoms with Crippen molar-refractivity contribution in [2.75, 3.05) is 0 Å². The predicted octanol–water partition coefficient (Wildman–Crippen LogP) is 3.16. The van der Waals surface area contributed by atoms with Gasteiger partial charge in [0, 0.05) is 10.7 Å². The summed E-state index contributed by atoms with van der Waals surface area (Å²) in [6, 6.07) is 2.33. The lowest BCUT2D eigenvalue weighted by Crippen LogP contribution is -2.08. The van der Waals surface area contributed by atoms with Crippen LogP contribution in [-0.2, 0) is 15.2 Å². The molecule has 0 radical (unpaired) electrons. The third kappa shape index (κ3) is 3.03. The van der Waals surface area contributed by atoms with Gasteiger partial charge in [0.25, 0.3) is 9.05 Å². The van der Waals surface area contributed by atoms with Crippen molar-refractivity contribution in [2.45, 2.75) is 11.1 Å². The van der Waals surface area contributed by atoms with Gasteiger partial charge in [-0.1, -0.05) is 11.6 Å². The predicted molar refractivity (Wildman–Crippen MR) is 54.2 cm³/mol. The second-order valence-electron chi connectivity index (χ2n) is 2.88. The fourth-order valence-electron chi connectivity index (χ4n) is 1.03. The molecule has 1 rings (SSSR count). The number of rotatable bonds is 1. The lowest BCUT2D eigenvalue weighted by Gasteiger charge is -2.11. The van der Waals surface area contributed by atoms with Crippen molar-refractivity contribution >= 4 is 31.3 Å². The van der Waals surface area contributed by atoms with Gasteiger partial charge in [-0.25, -0.2) is 8.42 Å². The van der Waals surface area contributed by atoms with Crippen LogP contribution < -0.4 is 0 Å². The van der Waals surface area contributed by atoms with Crippen molar-refractivity contribution in [1.82, 2.24) is 0 Å². The Bertz CT molecular complexity index is 604. The third-order valence-electron chi connectivity index (χ3n) is 1.75. The molecule has 0 aliphatic heterocycles. The van der Waals surface area contributed by atoms with Crippen LogP contribution in [-0.4, -0.2) is 8.42 Å². The maximum absolute atomic E-state index is 12.5. The maximum Gasteiger partial charge on any atom is 0.417 e. The van der Waals surface area contributed by atoms with Crippen LogP contribution in [0.3, 0.4) is 0 Å². The summed E-state index contributed by atoms with van der Waals surface area (Å²) < 4.78 is 59.4. The van der Waals surface area contributed by atoms with Crippen molar-refractivity contribution in [3.63, 3.8) is 0 Å². The monoisotopic (exact) mass is 303 g/mol. The van der Waals surface area contributed by atoms with Gasteiger partial charge in [-0.2, -0.15) is 18.4 Å². The molecule has 0 atom stereocenters. The van der Waals surface area contributed by atoms with Crippen LogP contribution in [0, 0.1) is 11.3 Å². The maximum atomic E-state index is 12.5. The molecule has 1 aromatic rings. The van der Waals surface area contributed by atoms with Crippen LogP contribution in [0.25, 0.3) is 0 Å². The molecular formula is C8H2Cl2F3NO2S. The van der Waals surface area contributed by atoms with Gasteiger partial charge < -0.3 is 0 Å². The van der Waals surface area contributed by atoms with Gasteiger partial charge in [-0.05, 0) is 12.1 Å². The van der Waals surface area contributed by atoms with Gasteiger partial charge in [-0.3, -0.25) is 0 Å². The van der Waals surface area contributed by atoms with E-state index in [0.717, 1.165) is 0 Å². The Balaban J connectivity index is 3.70. The van der Waals surface area contributed by atoms with Crippen molar-refractivity contribution < 1.29 is 21.6 Å². The highest BCUT2D eigenvalue weighted by molar-refractivity contribution is 8.13. The van der Waals surface area contributed by atoms with E-state index < -0.39 is 36.3 Å². The molecule has 0 amide bonds. The van der Waals surface area contributed by atoms with E-state index >= 15 is 0 Å². The molecular weight excluding hydrogens is 302 g/mol. The highest BCUT2D eigenvalue weighted by Crippen LogP contribution is 2.38. The van der Waals surface area contributed by atoms with Crippen molar-refractivity contribution in [3.8, 4) is 6.07 Å². The van der Waals surface area contributed by atoms with Crippen LogP contribution in [0.5, 0.6) is 0 Å². The quantitative estimate of drug-likeness (QED) is 0.749. The van der Waals surface area contributed by atoms with Gasteiger partial charge in [0.1, 0.15) is 6.07 Å². The van der Waals surface area contributed by atoms with Gasteiger partial charge in [0.05, 0.1) is 21.0 Å². The lowest BCUT2D eigenvalue weighted by molar-refractivity contribution is -0.137. The largest absolute Gasteiger partial charge is 0.417 e. The molecule has 0 spiro atoms. The van der Waals surface area contributed by atoms with E-state index in [2.05, 4.69) is 0 Å². The molecule has 17 heavy (non-hydrogen) atoms. The molecule has 0 fully saturated rings. The number of nitriles is 1. The van der Waals surface area contributed by atoms with Gasteiger partial charge in [0.2, 0.25) is 0 Å². The van der Waals surface area contributed by atoms with E-state index in [9.17, 15) is 21.6 Å². The van der Waals surface area contributed by atoms with Crippen molar-refractivity contribution in [3.05, 3.63) is 28.3 Å². The van der Waals surface area contributed by atoms with E-state index in [1.54, 1.807) is 0 Å². The van der Waals surface area contributed by atoms with Crippen molar-refractivity contribution in [1.29, 1.82) is 5.26 Å². The molecule has 92 valence electrons. The number of hydrogen-bond donors (Lipinski definition) is 0. The molecule has 0 heterocycles. The Morgan fingerprint density at radius 2 is 1.82 bits per heavy atom. The first kappa shape index (κ1) is 14.1. The van der Waals surface area contributed by atoms with E-state index in [4.69, 9.17) is 27.5 Å². The normalized spacial score (nSPS) is 12.2. The lowest BCUT2D eigenvalue weighted by atomic mass is 10.1. The minimum absolute atomic E-state index is 0.283. The molecule has 3 nitrogen and oxygen atoms in total. The molecule has 1 aromatic carbocycles. The Morgan fingerprint density at radius 3 is 2.18 bits per heavy atom. The minimum atomic E-state index is -4.87. The molecule has 0 aliphatic rings. The molecule has 0 aromatic heterocycles. The number of halogens is 5. The molecule has 0 N–H and O–H groups in total. The number of alkyl halides is 3. The topological polar surface area (TPSA) is 57.9 Å². The number of benzene rings is 1. The second-order valence-corrected chi connectivity index (χ2v) is 5.82. The van der Waals surface area contributed by atoms with Gasteiger partial charge >= 0.3 is 6.18 Å². The third-order valence-corrected chi connectivity index (χ3v) is 3.49. The number of hydrogen-bond acceptors (Lipinski definition) is 3. The average molecular weight is 304 g/mol. The number of nitrogens with zero attached hydrogens (tertiary/aromatic N) is 1. The smallest absolute Gasteiger partial charge is 0.207 e. The Labute approximate surface area is 104 Å². The summed E-state index contributed by atoms with van der Waals surface area (Å²) in [5, 5.41) is 7.70. The highest BCUT2D eigenvalue weighted by atomic mass is 35.7. The SMILES string of the molecule is N#Cc1cc(S(=O)(=O)Cl)cc(C(F)(F)F)c1Cl. The first-order chi connectivity index (χ1) is 7.57. The minimum Gasteiger partial charge on any atom is -0.207 e. The molecule has 0 saturated heterocycles. The van der Waals surface area contributed by atoms with Crippen LogP contribution >= 0.6 is 22.3 Å². The zero-order valence-corrected chi connectivity index (χ0v) is 10.0. The summed E-state index contributed by atoms with van der Waals surface area (Å²) in [4.78, 5) is -0.826. The zero-order valence-electron chi connectivity index (χ0n) is 7.72. The first-order valence-electron chi connectivity index (χ1n) is 3.83. The average Bonchev–Trinajstić information content (AvgIpc) is 2.14. The standard InChI is InChI=1S/C8H2Cl2F3NO2S/c9-7-4(3-14)1-5(17(10,15)16)2-6(7)8(11,12)13/h1-2H. The van der Waals surface area contributed by atoms with Crippen molar-refractivity contribution in [2.24, 2.45) is 0 Å². The molecule has 0 aliphatic carbocycles.